The summed E-state index contributed by atoms with van der Waals surface area (Å²) < 4.78 is 4.60. The second-order valence-corrected chi connectivity index (χ2v) is 2.51. The van der Waals surface area contributed by atoms with Gasteiger partial charge in [0.1, 0.15) is 6.61 Å². The smallest absolute Gasteiger partial charge is 0.416 e. The number of imide groups is 1. The van der Waals surface area contributed by atoms with E-state index in [0.29, 0.717) is 13.2 Å². The van der Waals surface area contributed by atoms with Crippen molar-refractivity contribution < 1.29 is 14.3 Å². The molecule has 0 radical (unpaired) electrons. The molecule has 11 heavy (non-hydrogen) atoms. The lowest BCUT2D eigenvalue weighted by molar-refractivity contribution is -0.128. The molecule has 0 aromatic heterocycles. The van der Waals surface area contributed by atoms with Crippen LogP contribution >= 0.6 is 0 Å². The van der Waals surface area contributed by atoms with Gasteiger partial charge in [-0.2, -0.15) is 0 Å². The van der Waals surface area contributed by atoms with Crippen LogP contribution in [0.4, 0.5) is 4.79 Å². The Balaban J connectivity index is 2.02. The summed E-state index contributed by atoms with van der Waals surface area (Å²) in [5.74, 6) is -0.298. The summed E-state index contributed by atoms with van der Waals surface area (Å²) >= 11 is 0. The quantitative estimate of drug-likeness (QED) is 0.504. The third kappa shape index (κ3) is 1.00. The van der Waals surface area contributed by atoms with Gasteiger partial charge in [-0.3, -0.25) is 4.79 Å². The molecule has 0 spiro atoms. The van der Waals surface area contributed by atoms with Gasteiger partial charge in [0.2, 0.25) is 5.91 Å². The molecule has 4 nitrogen and oxygen atoms in total. The fourth-order valence-corrected chi connectivity index (χ4v) is 0.994. The van der Waals surface area contributed by atoms with Crippen molar-refractivity contribution >= 4 is 12.0 Å². The molecule has 1 aliphatic carbocycles. The fraction of sp³-hybridized carbons (Fsp3) is 0.429. The highest BCUT2D eigenvalue weighted by molar-refractivity contribution is 5.97. The van der Waals surface area contributed by atoms with E-state index in [2.05, 4.69) is 4.74 Å². The summed E-state index contributed by atoms with van der Waals surface area (Å²) in [7, 11) is 0. The van der Waals surface area contributed by atoms with Gasteiger partial charge >= 0.3 is 6.09 Å². The summed E-state index contributed by atoms with van der Waals surface area (Å²) in [6.45, 7) is 0.729. The molecule has 0 saturated carbocycles. The van der Waals surface area contributed by atoms with E-state index in [1.807, 2.05) is 0 Å². The minimum absolute atomic E-state index is 0.138. The molecule has 0 N–H and O–H groups in total. The second-order valence-electron chi connectivity index (χ2n) is 2.51. The van der Waals surface area contributed by atoms with E-state index < -0.39 is 6.09 Å². The Morgan fingerprint density at radius 2 is 2.36 bits per heavy atom. The lowest BCUT2D eigenvalue weighted by Gasteiger charge is -2.08. The lowest BCUT2D eigenvalue weighted by atomic mass is 10.3. The van der Waals surface area contributed by atoms with E-state index in [-0.39, 0.29) is 11.8 Å². The zero-order valence-corrected chi connectivity index (χ0v) is 5.82. The number of nitrogens with zero attached hydrogens (tertiary/aromatic N) is 1. The minimum atomic E-state index is -0.510. The first-order valence-corrected chi connectivity index (χ1v) is 3.45. The van der Waals surface area contributed by atoms with Crippen molar-refractivity contribution in [3.8, 4) is 0 Å². The zero-order valence-electron chi connectivity index (χ0n) is 5.82. The summed E-state index contributed by atoms with van der Waals surface area (Å²) in [4.78, 5) is 23.1. The number of rotatable bonds is 1. The van der Waals surface area contributed by atoms with Crippen molar-refractivity contribution in [1.29, 1.82) is 0 Å². The molecular formula is C7H7NO3. The van der Waals surface area contributed by atoms with Crippen LogP contribution in [-0.4, -0.2) is 30.1 Å². The number of cyclic esters (lactones) is 1. The first kappa shape index (κ1) is 6.39. The van der Waals surface area contributed by atoms with Crippen LogP contribution in [0.3, 0.4) is 0 Å². The molecule has 0 aromatic carbocycles. The summed E-state index contributed by atoms with van der Waals surface area (Å²) in [6, 6.07) is 0. The third-order valence-electron chi connectivity index (χ3n) is 1.70. The van der Waals surface area contributed by atoms with Gasteiger partial charge in [0.05, 0.1) is 12.5 Å². The Morgan fingerprint density at radius 3 is 2.82 bits per heavy atom. The maximum atomic E-state index is 11.2. The Bertz CT molecular complexity index is 240. The molecule has 0 unspecified atom stereocenters. The zero-order chi connectivity index (χ0) is 7.84. The van der Waals surface area contributed by atoms with Gasteiger partial charge in [0, 0.05) is 0 Å². The lowest BCUT2D eigenvalue weighted by Crippen LogP contribution is -2.33. The van der Waals surface area contributed by atoms with E-state index in [1.54, 1.807) is 12.2 Å². The maximum absolute atomic E-state index is 11.2. The third-order valence-corrected chi connectivity index (χ3v) is 1.70. The van der Waals surface area contributed by atoms with Crippen molar-refractivity contribution in [1.82, 2.24) is 4.90 Å². The normalized spacial score (nSPS) is 22.2. The van der Waals surface area contributed by atoms with Crippen molar-refractivity contribution in [2.24, 2.45) is 5.92 Å². The Hall–Kier alpha value is -1.32. The second kappa shape index (κ2) is 2.08. The van der Waals surface area contributed by atoms with Crippen LogP contribution < -0.4 is 0 Å². The fourth-order valence-electron chi connectivity index (χ4n) is 0.994. The molecule has 2 rings (SSSR count). The Kier molecular flexibility index (Phi) is 1.21. The van der Waals surface area contributed by atoms with Gasteiger partial charge in [-0.1, -0.05) is 12.2 Å². The molecule has 58 valence electrons. The predicted molar refractivity (Wildman–Crippen MR) is 35.7 cm³/mol. The molecule has 0 atom stereocenters. The SMILES string of the molecule is O=C1OCCN1C(=O)C1C=C1. The number of carbonyl (C=O) groups is 2. The predicted octanol–water partition coefficient (Wildman–Crippen LogP) is 0.151. The van der Waals surface area contributed by atoms with Crippen LogP contribution in [0, 0.1) is 5.92 Å². The standard InChI is InChI=1S/C7H7NO3/c9-6(5-1-2-5)8-3-4-11-7(8)10/h1-2,5H,3-4H2. The highest BCUT2D eigenvalue weighted by Crippen LogP contribution is 2.20. The van der Waals surface area contributed by atoms with Crippen LogP contribution in [-0.2, 0) is 9.53 Å². The van der Waals surface area contributed by atoms with E-state index in [9.17, 15) is 9.59 Å². The molecule has 1 heterocycles. The van der Waals surface area contributed by atoms with Crippen LogP contribution in [0.1, 0.15) is 0 Å². The Labute approximate surface area is 63.4 Å². The summed E-state index contributed by atoms with van der Waals surface area (Å²) in [5.41, 5.74) is 0. The van der Waals surface area contributed by atoms with E-state index >= 15 is 0 Å². The number of hydrogen-bond donors (Lipinski definition) is 0. The highest BCUT2D eigenvalue weighted by atomic mass is 16.6. The molecule has 2 aliphatic rings. The number of ether oxygens (including phenoxy) is 1. The topological polar surface area (TPSA) is 46.6 Å². The number of hydrogen-bond acceptors (Lipinski definition) is 3. The summed E-state index contributed by atoms with van der Waals surface area (Å²) in [6.07, 6.45) is 3.01. The first-order chi connectivity index (χ1) is 5.29. The van der Waals surface area contributed by atoms with Crippen molar-refractivity contribution in [2.45, 2.75) is 0 Å². The van der Waals surface area contributed by atoms with Gasteiger partial charge in [-0.15, -0.1) is 0 Å². The average Bonchev–Trinajstić information content (AvgIpc) is 2.74. The Morgan fingerprint density at radius 1 is 1.64 bits per heavy atom. The molecule has 0 aromatic rings. The van der Waals surface area contributed by atoms with Gasteiger partial charge in [0.25, 0.3) is 0 Å². The van der Waals surface area contributed by atoms with Crippen LogP contribution in [0.25, 0.3) is 0 Å². The highest BCUT2D eigenvalue weighted by Gasteiger charge is 2.34. The van der Waals surface area contributed by atoms with Crippen molar-refractivity contribution in [3.05, 3.63) is 12.2 Å². The molecule has 1 saturated heterocycles. The van der Waals surface area contributed by atoms with E-state index in [0.717, 1.165) is 4.90 Å². The van der Waals surface area contributed by atoms with Crippen LogP contribution in [0.15, 0.2) is 12.2 Å². The summed E-state index contributed by atoms with van der Waals surface area (Å²) in [5, 5.41) is 0. The molecule has 2 amide bonds. The van der Waals surface area contributed by atoms with Crippen molar-refractivity contribution in [2.75, 3.05) is 13.2 Å². The average molecular weight is 153 g/mol. The van der Waals surface area contributed by atoms with Crippen molar-refractivity contribution in [3.63, 3.8) is 0 Å². The maximum Gasteiger partial charge on any atom is 0.416 e. The first-order valence-electron chi connectivity index (χ1n) is 3.45. The number of amides is 2. The van der Waals surface area contributed by atoms with Gasteiger partial charge in [-0.25, -0.2) is 9.69 Å². The molecule has 4 heteroatoms. The van der Waals surface area contributed by atoms with Gasteiger partial charge in [0.15, 0.2) is 0 Å². The molecule has 0 bridgehead atoms. The largest absolute Gasteiger partial charge is 0.447 e. The number of carbonyl (C=O) groups excluding carboxylic acids is 2. The van der Waals surface area contributed by atoms with Gasteiger partial charge < -0.3 is 4.74 Å². The monoisotopic (exact) mass is 153 g/mol. The minimum Gasteiger partial charge on any atom is -0.447 e. The molecule has 1 fully saturated rings. The molecular weight excluding hydrogens is 146 g/mol. The van der Waals surface area contributed by atoms with E-state index in [1.165, 1.54) is 0 Å². The van der Waals surface area contributed by atoms with Crippen LogP contribution in [0.2, 0.25) is 0 Å². The van der Waals surface area contributed by atoms with E-state index in [4.69, 9.17) is 0 Å². The molecule has 1 aliphatic heterocycles. The van der Waals surface area contributed by atoms with Crippen LogP contribution in [0.5, 0.6) is 0 Å². The van der Waals surface area contributed by atoms with Gasteiger partial charge in [-0.05, 0) is 0 Å².